The predicted molar refractivity (Wildman–Crippen MR) is 134 cm³/mol. The van der Waals surface area contributed by atoms with E-state index in [-0.39, 0.29) is 15.6 Å². The highest BCUT2D eigenvalue weighted by Gasteiger charge is 2.29. The van der Waals surface area contributed by atoms with Crippen molar-refractivity contribution in [3.05, 3.63) is 93.5 Å². The van der Waals surface area contributed by atoms with Crippen LogP contribution < -0.4 is 9.62 Å². The summed E-state index contributed by atoms with van der Waals surface area (Å²) in [5.41, 5.74) is 3.48. The molecule has 8 heteroatoms. The fraction of sp³-hybridized carbons (Fsp3) is 0.240. The van der Waals surface area contributed by atoms with Crippen molar-refractivity contribution in [1.29, 1.82) is 0 Å². The lowest BCUT2D eigenvalue weighted by Gasteiger charge is -2.25. The molecular weight excluding hydrogens is 479 g/mol. The van der Waals surface area contributed by atoms with E-state index in [0.29, 0.717) is 11.6 Å². The van der Waals surface area contributed by atoms with E-state index >= 15 is 0 Å². The van der Waals surface area contributed by atoms with Gasteiger partial charge in [0.15, 0.2) is 0 Å². The zero-order valence-electron chi connectivity index (χ0n) is 18.5. The van der Waals surface area contributed by atoms with Crippen molar-refractivity contribution >= 4 is 44.8 Å². The van der Waals surface area contributed by atoms with E-state index in [1.165, 1.54) is 29.8 Å². The number of halogens is 2. The van der Waals surface area contributed by atoms with Gasteiger partial charge in [0.1, 0.15) is 6.54 Å². The number of nitrogens with one attached hydrogen (secondary N) is 1. The largest absolute Gasteiger partial charge is 0.350 e. The van der Waals surface area contributed by atoms with Crippen LogP contribution >= 0.6 is 23.2 Å². The molecule has 0 aliphatic carbocycles. The van der Waals surface area contributed by atoms with Gasteiger partial charge in [-0.1, -0.05) is 73.4 Å². The predicted octanol–water partition coefficient (Wildman–Crippen LogP) is 5.63. The Balaban J connectivity index is 1.90. The van der Waals surface area contributed by atoms with E-state index in [4.69, 9.17) is 23.2 Å². The molecule has 0 aliphatic heterocycles. The first kappa shape index (κ1) is 25.1. The second kappa shape index (κ2) is 11.1. The Morgan fingerprint density at radius 2 is 1.64 bits per heavy atom. The highest BCUT2D eigenvalue weighted by atomic mass is 35.5. The summed E-state index contributed by atoms with van der Waals surface area (Å²) in [4.78, 5) is 13.0. The van der Waals surface area contributed by atoms with Crippen LogP contribution in [0.1, 0.15) is 30.5 Å². The van der Waals surface area contributed by atoms with Gasteiger partial charge in [0, 0.05) is 11.6 Å². The number of sulfonamides is 1. The first-order chi connectivity index (χ1) is 15.8. The Labute approximate surface area is 205 Å². The SMILES string of the molecule is CCc1ccc(CC)c(CNC(=O)CN(c2cc(Cl)ccc2Cl)S(=O)(=O)c2ccccc2)c1. The van der Waals surface area contributed by atoms with Crippen molar-refractivity contribution in [1.82, 2.24) is 5.32 Å². The molecule has 0 radical (unpaired) electrons. The number of aryl methyl sites for hydroxylation is 2. The zero-order chi connectivity index (χ0) is 24.0. The average molecular weight is 505 g/mol. The summed E-state index contributed by atoms with van der Waals surface area (Å²) in [7, 11) is -4.07. The molecule has 3 rings (SSSR count). The van der Waals surface area contributed by atoms with Gasteiger partial charge in [-0.05, 0) is 59.9 Å². The van der Waals surface area contributed by atoms with Crippen LogP contribution in [0.2, 0.25) is 10.0 Å². The van der Waals surface area contributed by atoms with Crippen LogP contribution in [0.25, 0.3) is 0 Å². The highest BCUT2D eigenvalue weighted by molar-refractivity contribution is 7.92. The molecular formula is C25H26Cl2N2O3S. The molecule has 0 fully saturated rings. The first-order valence-corrected chi connectivity index (χ1v) is 12.9. The van der Waals surface area contributed by atoms with Crippen LogP contribution in [0, 0.1) is 0 Å². The maximum absolute atomic E-state index is 13.4. The summed E-state index contributed by atoms with van der Waals surface area (Å²) in [5.74, 6) is -0.450. The molecule has 0 aliphatic rings. The standard InChI is InChI=1S/C25H26Cl2N2O3S/c1-3-18-10-11-19(4-2)20(14-18)16-28-25(30)17-29(24-15-21(26)12-13-23(24)27)33(31,32)22-8-6-5-7-9-22/h5-15H,3-4,16-17H2,1-2H3,(H,28,30). The molecule has 0 aromatic heterocycles. The monoisotopic (exact) mass is 504 g/mol. The van der Waals surface area contributed by atoms with E-state index in [2.05, 4.69) is 37.4 Å². The number of carbonyl (C=O) groups excluding carboxylic acids is 1. The molecule has 0 saturated carbocycles. The van der Waals surface area contributed by atoms with E-state index in [1.807, 2.05) is 0 Å². The van der Waals surface area contributed by atoms with Crippen molar-refractivity contribution < 1.29 is 13.2 Å². The summed E-state index contributed by atoms with van der Waals surface area (Å²) in [6.07, 6.45) is 1.73. The number of benzene rings is 3. The second-order valence-electron chi connectivity index (χ2n) is 7.51. The van der Waals surface area contributed by atoms with Crippen LogP contribution in [0.3, 0.4) is 0 Å². The third-order valence-corrected chi connectivity index (χ3v) is 7.66. The van der Waals surface area contributed by atoms with Crippen molar-refractivity contribution in [3.63, 3.8) is 0 Å². The van der Waals surface area contributed by atoms with Crippen LogP contribution in [0.5, 0.6) is 0 Å². The van der Waals surface area contributed by atoms with Gasteiger partial charge in [0.25, 0.3) is 10.0 Å². The van der Waals surface area contributed by atoms with Crippen molar-refractivity contribution in [2.24, 2.45) is 0 Å². The van der Waals surface area contributed by atoms with Crippen LogP contribution in [0.4, 0.5) is 5.69 Å². The van der Waals surface area contributed by atoms with Crippen LogP contribution in [-0.4, -0.2) is 20.9 Å². The zero-order valence-corrected chi connectivity index (χ0v) is 20.8. The Morgan fingerprint density at radius 3 is 2.30 bits per heavy atom. The minimum atomic E-state index is -4.07. The molecule has 0 spiro atoms. The number of amides is 1. The molecule has 1 N–H and O–H groups in total. The molecule has 0 unspecified atom stereocenters. The molecule has 1 amide bonds. The second-order valence-corrected chi connectivity index (χ2v) is 10.2. The first-order valence-electron chi connectivity index (χ1n) is 10.7. The van der Waals surface area contributed by atoms with Gasteiger partial charge in [-0.25, -0.2) is 8.42 Å². The van der Waals surface area contributed by atoms with Gasteiger partial charge < -0.3 is 5.32 Å². The third kappa shape index (κ3) is 6.08. The Morgan fingerprint density at radius 1 is 0.909 bits per heavy atom. The molecule has 33 heavy (non-hydrogen) atoms. The van der Waals surface area contributed by atoms with Crippen molar-refractivity contribution in [2.75, 3.05) is 10.8 Å². The minimum absolute atomic E-state index is 0.0535. The third-order valence-electron chi connectivity index (χ3n) is 5.33. The van der Waals surface area contributed by atoms with Crippen LogP contribution in [0.15, 0.2) is 71.6 Å². The smallest absolute Gasteiger partial charge is 0.264 e. The normalized spacial score (nSPS) is 11.3. The lowest BCUT2D eigenvalue weighted by molar-refractivity contribution is -0.119. The molecule has 174 valence electrons. The lowest BCUT2D eigenvalue weighted by atomic mass is 10.0. The Hall–Kier alpha value is -2.54. The van der Waals surface area contributed by atoms with Gasteiger partial charge in [0.2, 0.25) is 5.91 Å². The molecule has 0 heterocycles. The number of carbonyl (C=O) groups is 1. The van der Waals surface area contributed by atoms with Gasteiger partial charge in [-0.2, -0.15) is 0 Å². The summed E-state index contributed by atoms with van der Waals surface area (Å²) in [5, 5.41) is 3.35. The average Bonchev–Trinajstić information content (AvgIpc) is 2.83. The van der Waals surface area contributed by atoms with Crippen molar-refractivity contribution in [3.8, 4) is 0 Å². The van der Waals surface area contributed by atoms with E-state index in [9.17, 15) is 13.2 Å². The minimum Gasteiger partial charge on any atom is -0.350 e. The number of nitrogens with zero attached hydrogens (tertiary/aromatic N) is 1. The molecule has 0 saturated heterocycles. The fourth-order valence-corrected chi connectivity index (χ4v) is 5.37. The number of anilines is 1. The molecule has 3 aromatic rings. The molecule has 0 bridgehead atoms. The summed E-state index contributed by atoms with van der Waals surface area (Å²) < 4.78 is 27.9. The molecule has 0 atom stereocenters. The van der Waals surface area contributed by atoms with Crippen molar-refractivity contribution in [2.45, 2.75) is 38.1 Å². The maximum atomic E-state index is 13.4. The van der Waals surface area contributed by atoms with Gasteiger partial charge in [-0.15, -0.1) is 0 Å². The quantitative estimate of drug-likeness (QED) is 0.410. The lowest BCUT2D eigenvalue weighted by Crippen LogP contribution is -2.41. The fourth-order valence-electron chi connectivity index (χ4n) is 3.49. The number of rotatable bonds is 9. The summed E-state index contributed by atoms with van der Waals surface area (Å²) in [6, 6.07) is 18.7. The maximum Gasteiger partial charge on any atom is 0.264 e. The van der Waals surface area contributed by atoms with Gasteiger partial charge in [-0.3, -0.25) is 9.10 Å². The molecule has 5 nitrogen and oxygen atoms in total. The topological polar surface area (TPSA) is 66.5 Å². The van der Waals surface area contributed by atoms with E-state index in [1.54, 1.807) is 24.3 Å². The highest BCUT2D eigenvalue weighted by Crippen LogP contribution is 2.32. The Kier molecular flexibility index (Phi) is 8.40. The van der Waals surface area contributed by atoms with Gasteiger partial charge >= 0.3 is 0 Å². The summed E-state index contributed by atoms with van der Waals surface area (Å²) in [6.45, 7) is 4.00. The Bertz CT molecular complexity index is 1230. The number of hydrogen-bond donors (Lipinski definition) is 1. The number of hydrogen-bond acceptors (Lipinski definition) is 3. The molecule has 3 aromatic carbocycles. The van der Waals surface area contributed by atoms with E-state index in [0.717, 1.165) is 28.3 Å². The van der Waals surface area contributed by atoms with Crippen LogP contribution in [-0.2, 0) is 34.2 Å². The summed E-state index contributed by atoms with van der Waals surface area (Å²) >= 11 is 12.4. The van der Waals surface area contributed by atoms with Gasteiger partial charge in [0.05, 0.1) is 15.6 Å². The van der Waals surface area contributed by atoms with E-state index < -0.39 is 22.5 Å².